The average Bonchev–Trinajstić information content (AvgIpc) is 2.58. The molecule has 2 aromatic rings. The average molecular weight is 290 g/mol. The number of carbonyl (C=O) groups excluding carboxylic acids is 3. The first-order valence-electron chi connectivity index (χ1n) is 6.73. The zero-order valence-corrected chi connectivity index (χ0v) is 11.8. The van der Waals surface area contributed by atoms with E-state index >= 15 is 0 Å². The van der Waals surface area contributed by atoms with Crippen LogP contribution in [0.1, 0.15) is 31.8 Å². The molecule has 0 aliphatic rings. The SMILES string of the molecule is O=Cc1ccccc1C=CC(=O)C=Cc1ccccc1C=O. The number of hydrogen-bond acceptors (Lipinski definition) is 3. The Labute approximate surface area is 128 Å². The molecule has 0 unspecified atom stereocenters. The summed E-state index contributed by atoms with van der Waals surface area (Å²) in [5, 5.41) is 0. The number of allylic oxidation sites excluding steroid dienone is 2. The number of ketones is 1. The fraction of sp³-hybridized carbons (Fsp3) is 0. The number of aldehydes is 2. The van der Waals surface area contributed by atoms with Crippen LogP contribution in [-0.4, -0.2) is 18.4 Å². The second kappa shape index (κ2) is 7.64. The summed E-state index contributed by atoms with van der Waals surface area (Å²) in [4.78, 5) is 33.6. The predicted molar refractivity (Wildman–Crippen MR) is 86.7 cm³/mol. The monoisotopic (exact) mass is 290 g/mol. The van der Waals surface area contributed by atoms with Crippen LogP contribution in [0, 0.1) is 0 Å². The molecule has 0 saturated heterocycles. The molecule has 2 rings (SSSR count). The standard InChI is InChI=1S/C19H14O3/c20-13-17-7-3-1-5-15(17)9-11-19(22)12-10-16-6-2-4-8-18(16)14-21/h1-14H. The van der Waals surface area contributed by atoms with Gasteiger partial charge in [0.1, 0.15) is 0 Å². The van der Waals surface area contributed by atoms with Crippen molar-refractivity contribution < 1.29 is 14.4 Å². The van der Waals surface area contributed by atoms with Gasteiger partial charge in [-0.15, -0.1) is 0 Å². The van der Waals surface area contributed by atoms with E-state index in [1.807, 2.05) is 0 Å². The van der Waals surface area contributed by atoms with Gasteiger partial charge in [-0.25, -0.2) is 0 Å². The summed E-state index contributed by atoms with van der Waals surface area (Å²) in [7, 11) is 0. The molecule has 0 aromatic heterocycles. The second-order valence-corrected chi connectivity index (χ2v) is 4.56. The Bertz CT molecular complexity index is 691. The van der Waals surface area contributed by atoms with Crippen molar-refractivity contribution >= 4 is 30.5 Å². The minimum atomic E-state index is -0.221. The molecule has 2 aromatic carbocycles. The van der Waals surface area contributed by atoms with E-state index in [2.05, 4.69) is 0 Å². The Balaban J connectivity index is 2.13. The van der Waals surface area contributed by atoms with Crippen molar-refractivity contribution in [2.45, 2.75) is 0 Å². The molecule has 108 valence electrons. The smallest absolute Gasteiger partial charge is 0.178 e. The van der Waals surface area contributed by atoms with Crippen LogP contribution < -0.4 is 0 Å². The quantitative estimate of drug-likeness (QED) is 0.603. The molecule has 0 aliphatic heterocycles. The molecule has 0 fully saturated rings. The summed E-state index contributed by atoms with van der Waals surface area (Å²) < 4.78 is 0. The lowest BCUT2D eigenvalue weighted by Gasteiger charge is -1.97. The third-order valence-electron chi connectivity index (χ3n) is 3.10. The van der Waals surface area contributed by atoms with Crippen LogP contribution in [-0.2, 0) is 4.79 Å². The molecule has 0 atom stereocenters. The molecular weight excluding hydrogens is 276 g/mol. The first-order chi connectivity index (χ1) is 10.7. The van der Waals surface area contributed by atoms with E-state index in [0.717, 1.165) is 12.6 Å². The van der Waals surface area contributed by atoms with Crippen LogP contribution >= 0.6 is 0 Å². The molecule has 0 bridgehead atoms. The maximum atomic E-state index is 11.8. The molecule has 3 heteroatoms. The molecule has 0 heterocycles. The van der Waals surface area contributed by atoms with Gasteiger partial charge in [-0.1, -0.05) is 60.7 Å². The van der Waals surface area contributed by atoms with Crippen molar-refractivity contribution in [2.24, 2.45) is 0 Å². The maximum Gasteiger partial charge on any atom is 0.178 e. The zero-order chi connectivity index (χ0) is 15.8. The van der Waals surface area contributed by atoms with Crippen LogP contribution in [0.5, 0.6) is 0 Å². The highest BCUT2D eigenvalue weighted by atomic mass is 16.1. The molecule has 3 nitrogen and oxygen atoms in total. The van der Waals surface area contributed by atoms with Crippen LogP contribution in [0.15, 0.2) is 60.7 Å². The topological polar surface area (TPSA) is 51.2 Å². The summed E-state index contributed by atoms with van der Waals surface area (Å²) >= 11 is 0. The van der Waals surface area contributed by atoms with Crippen LogP contribution in [0.25, 0.3) is 12.2 Å². The zero-order valence-electron chi connectivity index (χ0n) is 11.8. The summed E-state index contributed by atoms with van der Waals surface area (Å²) in [5.74, 6) is -0.221. The van der Waals surface area contributed by atoms with E-state index in [1.165, 1.54) is 12.2 Å². The largest absolute Gasteiger partial charge is 0.298 e. The Morgan fingerprint density at radius 1 is 0.636 bits per heavy atom. The van der Waals surface area contributed by atoms with Gasteiger partial charge in [0.2, 0.25) is 0 Å². The van der Waals surface area contributed by atoms with Crippen molar-refractivity contribution in [1.29, 1.82) is 0 Å². The maximum absolute atomic E-state index is 11.8. The normalized spacial score (nSPS) is 10.9. The van der Waals surface area contributed by atoms with Crippen LogP contribution in [0.4, 0.5) is 0 Å². The van der Waals surface area contributed by atoms with Gasteiger partial charge in [-0.05, 0) is 23.3 Å². The Hall–Kier alpha value is -3.07. The number of carbonyl (C=O) groups is 3. The molecule has 0 spiro atoms. The van der Waals surface area contributed by atoms with E-state index in [1.54, 1.807) is 60.7 Å². The van der Waals surface area contributed by atoms with Gasteiger partial charge >= 0.3 is 0 Å². The van der Waals surface area contributed by atoms with Gasteiger partial charge in [0, 0.05) is 11.1 Å². The first kappa shape index (κ1) is 15.3. The summed E-state index contributed by atoms with van der Waals surface area (Å²) in [6, 6.07) is 14.0. The lowest BCUT2D eigenvalue weighted by atomic mass is 10.1. The molecule has 0 saturated carbocycles. The second-order valence-electron chi connectivity index (χ2n) is 4.56. The van der Waals surface area contributed by atoms with Crippen molar-refractivity contribution in [2.75, 3.05) is 0 Å². The highest BCUT2D eigenvalue weighted by Crippen LogP contribution is 2.10. The number of hydrogen-bond donors (Lipinski definition) is 0. The van der Waals surface area contributed by atoms with Crippen LogP contribution in [0.3, 0.4) is 0 Å². The fourth-order valence-corrected chi connectivity index (χ4v) is 1.94. The molecule has 0 amide bonds. The van der Waals surface area contributed by atoms with Crippen molar-refractivity contribution in [3.05, 3.63) is 82.9 Å². The molecule has 0 aliphatic carbocycles. The Morgan fingerprint density at radius 3 is 1.36 bits per heavy atom. The van der Waals surface area contributed by atoms with E-state index in [4.69, 9.17) is 0 Å². The third kappa shape index (κ3) is 3.96. The lowest BCUT2D eigenvalue weighted by Crippen LogP contribution is -1.89. The van der Waals surface area contributed by atoms with E-state index in [0.29, 0.717) is 22.3 Å². The number of benzene rings is 2. The predicted octanol–water partition coefficient (Wildman–Crippen LogP) is 3.61. The minimum absolute atomic E-state index is 0.221. The van der Waals surface area contributed by atoms with Gasteiger partial charge in [-0.2, -0.15) is 0 Å². The number of rotatable bonds is 6. The summed E-state index contributed by atoms with van der Waals surface area (Å²) in [6.07, 6.45) is 7.48. The molecule has 0 N–H and O–H groups in total. The minimum Gasteiger partial charge on any atom is -0.298 e. The third-order valence-corrected chi connectivity index (χ3v) is 3.10. The van der Waals surface area contributed by atoms with E-state index in [-0.39, 0.29) is 5.78 Å². The Kier molecular flexibility index (Phi) is 5.32. The first-order valence-corrected chi connectivity index (χ1v) is 6.73. The molecule has 22 heavy (non-hydrogen) atoms. The van der Waals surface area contributed by atoms with Crippen molar-refractivity contribution in [1.82, 2.24) is 0 Å². The lowest BCUT2D eigenvalue weighted by molar-refractivity contribution is -0.110. The molecular formula is C19H14O3. The van der Waals surface area contributed by atoms with Gasteiger partial charge in [0.25, 0.3) is 0 Å². The fourth-order valence-electron chi connectivity index (χ4n) is 1.94. The van der Waals surface area contributed by atoms with Gasteiger partial charge in [0.05, 0.1) is 0 Å². The molecule has 0 radical (unpaired) electrons. The Morgan fingerprint density at radius 2 is 1.00 bits per heavy atom. The highest BCUT2D eigenvalue weighted by molar-refractivity contribution is 6.05. The van der Waals surface area contributed by atoms with E-state index in [9.17, 15) is 14.4 Å². The highest BCUT2D eigenvalue weighted by Gasteiger charge is 1.98. The van der Waals surface area contributed by atoms with Crippen LogP contribution in [0.2, 0.25) is 0 Å². The summed E-state index contributed by atoms with van der Waals surface area (Å²) in [5.41, 5.74) is 2.43. The summed E-state index contributed by atoms with van der Waals surface area (Å²) in [6.45, 7) is 0. The van der Waals surface area contributed by atoms with Gasteiger partial charge in [-0.3, -0.25) is 14.4 Å². The van der Waals surface area contributed by atoms with Gasteiger partial charge < -0.3 is 0 Å². The van der Waals surface area contributed by atoms with Gasteiger partial charge in [0.15, 0.2) is 18.4 Å². The van der Waals surface area contributed by atoms with E-state index < -0.39 is 0 Å². The van der Waals surface area contributed by atoms with Crippen molar-refractivity contribution in [3.8, 4) is 0 Å². The van der Waals surface area contributed by atoms with Crippen molar-refractivity contribution in [3.63, 3.8) is 0 Å².